The molecule has 4 heteroatoms. The van der Waals surface area contributed by atoms with E-state index in [2.05, 4.69) is 17.1 Å². The van der Waals surface area contributed by atoms with Gasteiger partial charge in [0.05, 0.1) is 0 Å². The van der Waals surface area contributed by atoms with Gasteiger partial charge in [0.15, 0.2) is 0 Å². The highest BCUT2D eigenvalue weighted by Gasteiger charge is 2.34. The minimum atomic E-state index is 0. The summed E-state index contributed by atoms with van der Waals surface area (Å²) < 4.78 is 0. The number of nitrogens with zero attached hydrogens (tertiary/aromatic N) is 1. The lowest BCUT2D eigenvalue weighted by molar-refractivity contribution is 0.330. The zero-order valence-corrected chi connectivity index (χ0v) is 9.09. The second-order valence-electron chi connectivity index (χ2n) is 3.53. The van der Waals surface area contributed by atoms with Crippen molar-refractivity contribution in [2.24, 2.45) is 11.8 Å². The molecule has 0 spiro atoms. The van der Waals surface area contributed by atoms with Crippen LogP contribution in [0.15, 0.2) is 0 Å². The molecule has 2 aliphatic heterocycles. The molecule has 0 unspecified atom stereocenters. The molecule has 2 heterocycles. The summed E-state index contributed by atoms with van der Waals surface area (Å²) in [6, 6.07) is 0. The van der Waals surface area contributed by atoms with Crippen molar-refractivity contribution in [2.75, 3.05) is 32.7 Å². The molecule has 2 rings (SSSR count). The van der Waals surface area contributed by atoms with Crippen molar-refractivity contribution >= 4 is 24.8 Å². The van der Waals surface area contributed by atoms with Crippen LogP contribution in [0.25, 0.3) is 0 Å². The van der Waals surface area contributed by atoms with Crippen LogP contribution in [-0.4, -0.2) is 37.6 Å². The van der Waals surface area contributed by atoms with E-state index < -0.39 is 0 Å². The van der Waals surface area contributed by atoms with E-state index in [1.54, 1.807) is 0 Å². The highest BCUT2D eigenvalue weighted by Crippen LogP contribution is 2.25. The molecule has 2 aliphatic rings. The van der Waals surface area contributed by atoms with Crippen molar-refractivity contribution in [1.29, 1.82) is 0 Å². The zero-order valence-electron chi connectivity index (χ0n) is 7.45. The van der Waals surface area contributed by atoms with Gasteiger partial charge in [-0.1, -0.05) is 6.92 Å². The Morgan fingerprint density at radius 1 is 1.17 bits per heavy atom. The van der Waals surface area contributed by atoms with E-state index in [-0.39, 0.29) is 24.8 Å². The van der Waals surface area contributed by atoms with Crippen LogP contribution in [0.1, 0.15) is 6.92 Å². The van der Waals surface area contributed by atoms with Crippen LogP contribution in [0.4, 0.5) is 0 Å². The molecular formula is C8H18Cl2N2. The van der Waals surface area contributed by atoms with Crippen molar-refractivity contribution in [3.05, 3.63) is 0 Å². The fourth-order valence-electron chi connectivity index (χ4n) is 2.21. The summed E-state index contributed by atoms with van der Waals surface area (Å²) in [7, 11) is 0. The van der Waals surface area contributed by atoms with Crippen molar-refractivity contribution in [3.63, 3.8) is 0 Å². The first-order chi connectivity index (χ1) is 4.90. The molecule has 0 aromatic rings. The standard InChI is InChI=1S/C8H16N2.2ClH/c1-2-10-5-7-3-9-4-8(7)6-10;;/h7-9H,2-6H2,1H3;2*1H/t7-,8+;;. The monoisotopic (exact) mass is 212 g/mol. The number of hydrogen-bond donors (Lipinski definition) is 1. The summed E-state index contributed by atoms with van der Waals surface area (Å²) in [4.78, 5) is 2.57. The molecule has 2 atom stereocenters. The van der Waals surface area contributed by atoms with Gasteiger partial charge in [-0.15, -0.1) is 24.8 Å². The third-order valence-electron chi connectivity index (χ3n) is 2.91. The van der Waals surface area contributed by atoms with E-state index in [1.807, 2.05) is 0 Å². The Morgan fingerprint density at radius 3 is 2.08 bits per heavy atom. The van der Waals surface area contributed by atoms with Crippen LogP contribution in [0.3, 0.4) is 0 Å². The van der Waals surface area contributed by atoms with Gasteiger partial charge in [0, 0.05) is 13.1 Å². The summed E-state index contributed by atoms with van der Waals surface area (Å²) >= 11 is 0. The molecule has 0 saturated carbocycles. The molecule has 2 saturated heterocycles. The fourth-order valence-corrected chi connectivity index (χ4v) is 2.21. The Morgan fingerprint density at radius 2 is 1.67 bits per heavy atom. The van der Waals surface area contributed by atoms with E-state index in [1.165, 1.54) is 32.7 Å². The fraction of sp³-hybridized carbons (Fsp3) is 1.00. The Balaban J connectivity index is 0.000000605. The van der Waals surface area contributed by atoms with Gasteiger partial charge in [-0.3, -0.25) is 0 Å². The maximum Gasteiger partial charge on any atom is 0.00254 e. The minimum Gasteiger partial charge on any atom is -0.316 e. The highest BCUT2D eigenvalue weighted by molar-refractivity contribution is 5.85. The van der Waals surface area contributed by atoms with Gasteiger partial charge in [-0.25, -0.2) is 0 Å². The molecule has 0 aromatic carbocycles. The first-order valence-corrected chi connectivity index (χ1v) is 4.33. The molecule has 0 bridgehead atoms. The lowest BCUT2D eigenvalue weighted by Crippen LogP contribution is -2.25. The summed E-state index contributed by atoms with van der Waals surface area (Å²) in [5, 5.41) is 3.44. The van der Waals surface area contributed by atoms with Crippen molar-refractivity contribution in [2.45, 2.75) is 6.92 Å². The number of likely N-dealkylation sites (tertiary alicyclic amines) is 1. The average Bonchev–Trinajstić information content (AvgIpc) is 2.42. The molecule has 12 heavy (non-hydrogen) atoms. The summed E-state index contributed by atoms with van der Waals surface area (Å²) in [5.74, 6) is 1.94. The van der Waals surface area contributed by atoms with Crippen LogP contribution in [0, 0.1) is 11.8 Å². The molecule has 0 aromatic heterocycles. The van der Waals surface area contributed by atoms with Crippen LogP contribution < -0.4 is 5.32 Å². The van der Waals surface area contributed by atoms with Crippen molar-refractivity contribution in [1.82, 2.24) is 10.2 Å². The zero-order chi connectivity index (χ0) is 6.97. The number of nitrogens with one attached hydrogen (secondary N) is 1. The number of fused-ring (bicyclic) bond motifs is 1. The largest absolute Gasteiger partial charge is 0.316 e. The second kappa shape index (κ2) is 5.28. The third-order valence-corrected chi connectivity index (χ3v) is 2.91. The lowest BCUT2D eigenvalue weighted by atomic mass is 10.0. The van der Waals surface area contributed by atoms with Crippen LogP contribution in [0.2, 0.25) is 0 Å². The van der Waals surface area contributed by atoms with E-state index in [9.17, 15) is 0 Å². The summed E-state index contributed by atoms with van der Waals surface area (Å²) in [6.45, 7) is 8.71. The molecule has 0 aliphatic carbocycles. The van der Waals surface area contributed by atoms with Gasteiger partial charge >= 0.3 is 0 Å². The smallest absolute Gasteiger partial charge is 0.00254 e. The molecule has 0 amide bonds. The van der Waals surface area contributed by atoms with E-state index in [0.29, 0.717) is 0 Å². The predicted molar refractivity (Wildman–Crippen MR) is 56.5 cm³/mol. The Labute approximate surface area is 86.9 Å². The van der Waals surface area contributed by atoms with Crippen LogP contribution in [0.5, 0.6) is 0 Å². The van der Waals surface area contributed by atoms with Gasteiger partial charge in [-0.2, -0.15) is 0 Å². The summed E-state index contributed by atoms with van der Waals surface area (Å²) in [6.07, 6.45) is 0. The Kier molecular flexibility index (Phi) is 5.50. The molecule has 2 nitrogen and oxygen atoms in total. The molecule has 2 fully saturated rings. The van der Waals surface area contributed by atoms with Crippen molar-refractivity contribution in [3.8, 4) is 0 Å². The normalized spacial score (nSPS) is 33.8. The van der Waals surface area contributed by atoms with E-state index in [0.717, 1.165) is 11.8 Å². The van der Waals surface area contributed by atoms with Crippen LogP contribution in [-0.2, 0) is 0 Å². The highest BCUT2D eigenvalue weighted by atomic mass is 35.5. The van der Waals surface area contributed by atoms with E-state index >= 15 is 0 Å². The van der Waals surface area contributed by atoms with Gasteiger partial charge in [0.2, 0.25) is 0 Å². The van der Waals surface area contributed by atoms with Gasteiger partial charge in [0.25, 0.3) is 0 Å². The van der Waals surface area contributed by atoms with Crippen LogP contribution >= 0.6 is 24.8 Å². The first kappa shape index (κ1) is 12.5. The Hall–Kier alpha value is 0.500. The maximum absolute atomic E-state index is 3.44. The first-order valence-electron chi connectivity index (χ1n) is 4.33. The van der Waals surface area contributed by atoms with E-state index in [4.69, 9.17) is 0 Å². The third kappa shape index (κ3) is 2.25. The second-order valence-corrected chi connectivity index (χ2v) is 3.53. The number of rotatable bonds is 1. The minimum absolute atomic E-state index is 0. The SMILES string of the molecule is CCN1C[C@H]2CNC[C@H]2C1.Cl.Cl. The molecule has 74 valence electrons. The van der Waals surface area contributed by atoms with Crippen molar-refractivity contribution < 1.29 is 0 Å². The predicted octanol–water partition coefficient (Wildman–Crippen LogP) is 1.00. The number of hydrogen-bond acceptors (Lipinski definition) is 2. The topological polar surface area (TPSA) is 15.3 Å². The maximum atomic E-state index is 3.44. The Bertz CT molecular complexity index is 120. The van der Waals surface area contributed by atoms with Gasteiger partial charge < -0.3 is 10.2 Å². The molecule has 1 N–H and O–H groups in total. The van der Waals surface area contributed by atoms with Gasteiger partial charge in [-0.05, 0) is 31.5 Å². The lowest BCUT2D eigenvalue weighted by Gasteiger charge is -2.12. The molecule has 0 radical (unpaired) electrons. The average molecular weight is 213 g/mol. The quantitative estimate of drug-likeness (QED) is 0.699. The van der Waals surface area contributed by atoms with Gasteiger partial charge in [0.1, 0.15) is 0 Å². The summed E-state index contributed by atoms with van der Waals surface area (Å²) in [5.41, 5.74) is 0. The number of halogens is 2. The molecular weight excluding hydrogens is 195 g/mol.